The third kappa shape index (κ3) is 3.11. The van der Waals surface area contributed by atoms with Gasteiger partial charge in [-0.1, -0.05) is 25.1 Å². The van der Waals surface area contributed by atoms with Gasteiger partial charge in [-0.15, -0.1) is 0 Å². The summed E-state index contributed by atoms with van der Waals surface area (Å²) in [5.74, 6) is 2.49. The molecule has 0 N–H and O–H groups in total. The molecule has 0 aliphatic carbocycles. The van der Waals surface area contributed by atoms with Crippen LogP contribution in [0.25, 0.3) is 11.2 Å². The highest BCUT2D eigenvalue weighted by Gasteiger charge is 2.29. The van der Waals surface area contributed by atoms with Crippen molar-refractivity contribution in [2.45, 2.75) is 13.5 Å². The van der Waals surface area contributed by atoms with E-state index in [1.807, 2.05) is 59.2 Å². The molecule has 0 amide bonds. The lowest BCUT2D eigenvalue weighted by atomic mass is 10.1. The van der Waals surface area contributed by atoms with Crippen LogP contribution in [0.1, 0.15) is 6.92 Å². The average molecular weight is 417 g/mol. The second kappa shape index (κ2) is 7.16. The van der Waals surface area contributed by atoms with Gasteiger partial charge in [0.05, 0.1) is 0 Å². The van der Waals surface area contributed by atoms with Crippen LogP contribution < -0.4 is 20.9 Å². The molecule has 0 fully saturated rings. The zero-order valence-corrected chi connectivity index (χ0v) is 17.6. The Morgan fingerprint density at radius 2 is 1.58 bits per heavy atom. The number of benzene rings is 2. The summed E-state index contributed by atoms with van der Waals surface area (Å²) in [6.07, 6.45) is 0. The molecule has 0 bridgehead atoms. The molecule has 31 heavy (non-hydrogen) atoms. The van der Waals surface area contributed by atoms with Gasteiger partial charge >= 0.3 is 5.69 Å². The molecule has 0 saturated carbocycles. The molecule has 8 nitrogen and oxygen atoms in total. The summed E-state index contributed by atoms with van der Waals surface area (Å²) in [7, 11) is 3.14. The molecule has 4 aromatic rings. The smallest absolute Gasteiger partial charge is 0.332 e. The minimum atomic E-state index is -0.380. The van der Waals surface area contributed by atoms with E-state index < -0.39 is 0 Å². The standard InChI is InChI=1S/C23H23N5O3/c1-15-13-27(16-9-11-18(12-10-16)31-17-7-5-4-6-8-17)22-24-20-19(28(22)14-15)21(29)26(3)23(30)25(20)2/h4-12,15H,13-14H2,1-3H3/t15-/m1/s1. The molecule has 0 saturated heterocycles. The molecule has 1 aliphatic heterocycles. The molecular weight excluding hydrogens is 394 g/mol. The van der Waals surface area contributed by atoms with Gasteiger partial charge in [0.15, 0.2) is 11.2 Å². The maximum absolute atomic E-state index is 12.9. The lowest BCUT2D eigenvalue weighted by Crippen LogP contribution is -2.38. The minimum Gasteiger partial charge on any atom is -0.457 e. The summed E-state index contributed by atoms with van der Waals surface area (Å²) in [5, 5.41) is 0. The fourth-order valence-corrected chi connectivity index (χ4v) is 4.12. The van der Waals surface area contributed by atoms with Crippen LogP contribution in [0, 0.1) is 5.92 Å². The van der Waals surface area contributed by atoms with Crippen molar-refractivity contribution in [2.24, 2.45) is 20.0 Å². The molecule has 0 radical (unpaired) electrons. The van der Waals surface area contributed by atoms with Gasteiger partial charge in [-0.25, -0.2) is 4.79 Å². The van der Waals surface area contributed by atoms with Crippen molar-refractivity contribution in [3.63, 3.8) is 0 Å². The lowest BCUT2D eigenvalue weighted by Gasteiger charge is -2.33. The van der Waals surface area contributed by atoms with Crippen molar-refractivity contribution in [3.8, 4) is 11.5 Å². The SMILES string of the molecule is C[C@@H]1CN(c2ccc(Oc3ccccc3)cc2)c2nc3c(c(=O)n(C)c(=O)n3C)n2C1. The van der Waals surface area contributed by atoms with E-state index in [2.05, 4.69) is 11.8 Å². The van der Waals surface area contributed by atoms with Crippen molar-refractivity contribution >= 4 is 22.8 Å². The monoisotopic (exact) mass is 417 g/mol. The topological polar surface area (TPSA) is 74.3 Å². The van der Waals surface area contributed by atoms with E-state index in [9.17, 15) is 9.59 Å². The van der Waals surface area contributed by atoms with E-state index in [0.717, 1.165) is 28.3 Å². The molecule has 5 rings (SSSR count). The van der Waals surface area contributed by atoms with Gasteiger partial charge in [-0.05, 0) is 42.3 Å². The molecule has 2 aromatic heterocycles. The Morgan fingerprint density at radius 3 is 2.29 bits per heavy atom. The average Bonchev–Trinajstić information content (AvgIpc) is 3.16. The predicted octanol–water partition coefficient (Wildman–Crippen LogP) is 3.01. The Bertz CT molecular complexity index is 1380. The molecule has 158 valence electrons. The van der Waals surface area contributed by atoms with Gasteiger partial charge in [0.25, 0.3) is 5.56 Å². The number of imidazole rings is 1. The van der Waals surface area contributed by atoms with Crippen molar-refractivity contribution in [1.82, 2.24) is 18.7 Å². The third-order valence-corrected chi connectivity index (χ3v) is 5.69. The molecule has 1 atom stereocenters. The summed E-state index contributed by atoms with van der Waals surface area (Å²) in [6.45, 7) is 3.57. The van der Waals surface area contributed by atoms with Crippen LogP contribution in [-0.2, 0) is 20.6 Å². The molecule has 0 unspecified atom stereocenters. The minimum absolute atomic E-state index is 0.298. The number of anilines is 2. The van der Waals surface area contributed by atoms with Crippen LogP contribution in [0.3, 0.4) is 0 Å². The second-order valence-corrected chi connectivity index (χ2v) is 8.03. The number of aryl methyl sites for hydroxylation is 1. The Labute approximate surface area is 178 Å². The first-order valence-corrected chi connectivity index (χ1v) is 10.2. The molecule has 3 heterocycles. The van der Waals surface area contributed by atoms with Gasteiger partial charge in [0, 0.05) is 32.9 Å². The maximum Gasteiger partial charge on any atom is 0.332 e. The molecule has 1 aliphatic rings. The Morgan fingerprint density at radius 1 is 0.903 bits per heavy atom. The van der Waals surface area contributed by atoms with Gasteiger partial charge in [0.2, 0.25) is 5.95 Å². The molecule has 8 heteroatoms. The van der Waals surface area contributed by atoms with Crippen LogP contribution >= 0.6 is 0 Å². The zero-order valence-electron chi connectivity index (χ0n) is 17.6. The quantitative estimate of drug-likeness (QED) is 0.512. The zero-order chi connectivity index (χ0) is 21.7. The first-order valence-electron chi connectivity index (χ1n) is 10.2. The van der Waals surface area contributed by atoms with E-state index in [1.54, 1.807) is 7.05 Å². The number of aromatic nitrogens is 4. The fraction of sp³-hybridized carbons (Fsp3) is 0.261. The van der Waals surface area contributed by atoms with Crippen LogP contribution in [0.4, 0.5) is 11.6 Å². The number of ether oxygens (including phenoxy) is 1. The summed E-state index contributed by atoms with van der Waals surface area (Å²) in [6, 6.07) is 17.4. The Balaban J connectivity index is 1.58. The number of para-hydroxylation sites is 1. The van der Waals surface area contributed by atoms with Crippen molar-refractivity contribution < 1.29 is 4.74 Å². The highest BCUT2D eigenvalue weighted by molar-refractivity contribution is 5.77. The Kier molecular flexibility index (Phi) is 4.43. The van der Waals surface area contributed by atoms with E-state index in [1.165, 1.54) is 11.6 Å². The van der Waals surface area contributed by atoms with E-state index in [0.29, 0.717) is 29.6 Å². The molecule has 2 aromatic carbocycles. The first kappa shape index (κ1) is 19.2. The highest BCUT2D eigenvalue weighted by atomic mass is 16.5. The first-order chi connectivity index (χ1) is 14.9. The van der Waals surface area contributed by atoms with E-state index in [-0.39, 0.29) is 11.2 Å². The second-order valence-electron chi connectivity index (χ2n) is 8.03. The normalized spacial score (nSPS) is 15.8. The van der Waals surface area contributed by atoms with E-state index >= 15 is 0 Å². The highest BCUT2D eigenvalue weighted by Crippen LogP contribution is 2.34. The number of hydrogen-bond acceptors (Lipinski definition) is 5. The number of rotatable bonds is 3. The summed E-state index contributed by atoms with van der Waals surface area (Å²) < 4.78 is 10.4. The van der Waals surface area contributed by atoms with Gasteiger partial charge in [0.1, 0.15) is 11.5 Å². The van der Waals surface area contributed by atoms with Crippen molar-refractivity contribution in [2.75, 3.05) is 11.4 Å². The molecule has 0 spiro atoms. The van der Waals surface area contributed by atoms with Crippen LogP contribution in [0.5, 0.6) is 11.5 Å². The largest absolute Gasteiger partial charge is 0.457 e. The Hall–Kier alpha value is -3.81. The lowest BCUT2D eigenvalue weighted by molar-refractivity contribution is 0.457. The van der Waals surface area contributed by atoms with Gasteiger partial charge < -0.3 is 14.2 Å². The van der Waals surface area contributed by atoms with Crippen molar-refractivity contribution in [3.05, 3.63) is 75.4 Å². The summed E-state index contributed by atoms with van der Waals surface area (Å²) in [5.41, 5.74) is 1.12. The van der Waals surface area contributed by atoms with E-state index in [4.69, 9.17) is 9.72 Å². The third-order valence-electron chi connectivity index (χ3n) is 5.69. The van der Waals surface area contributed by atoms with Gasteiger partial charge in [-0.2, -0.15) is 4.98 Å². The van der Waals surface area contributed by atoms with Gasteiger partial charge in [-0.3, -0.25) is 13.9 Å². The number of fused-ring (bicyclic) bond motifs is 3. The van der Waals surface area contributed by atoms with Crippen LogP contribution in [0.2, 0.25) is 0 Å². The fourth-order valence-electron chi connectivity index (χ4n) is 4.12. The molecular formula is C23H23N5O3. The van der Waals surface area contributed by atoms with Crippen molar-refractivity contribution in [1.29, 1.82) is 0 Å². The summed E-state index contributed by atoms with van der Waals surface area (Å²) >= 11 is 0. The van der Waals surface area contributed by atoms with Crippen LogP contribution in [-0.4, -0.2) is 25.2 Å². The number of nitrogens with zero attached hydrogens (tertiary/aromatic N) is 5. The van der Waals surface area contributed by atoms with Crippen LogP contribution in [0.15, 0.2) is 64.2 Å². The summed E-state index contributed by atoms with van der Waals surface area (Å²) in [4.78, 5) is 32.0. The number of hydrogen-bond donors (Lipinski definition) is 0. The maximum atomic E-state index is 12.9. The predicted molar refractivity (Wildman–Crippen MR) is 119 cm³/mol.